The third-order valence-corrected chi connectivity index (χ3v) is 2.12. The van der Waals surface area contributed by atoms with Crippen molar-refractivity contribution in [3.05, 3.63) is 34.8 Å². The number of rotatable bonds is 2. The lowest BCUT2D eigenvalue weighted by Gasteiger charge is -2.07. The Balaban J connectivity index is 3.20. The van der Waals surface area contributed by atoms with Gasteiger partial charge in [-0.2, -0.15) is 0 Å². The minimum atomic E-state index is 0.858. The molecule has 12 heavy (non-hydrogen) atoms. The van der Waals surface area contributed by atoms with E-state index in [9.17, 15) is 0 Å². The van der Waals surface area contributed by atoms with Crippen LogP contribution in [-0.4, -0.2) is 7.11 Å². The Kier molecular flexibility index (Phi) is 2.93. The second-order valence-corrected chi connectivity index (χ2v) is 3.54. The van der Waals surface area contributed by atoms with Crippen LogP contribution in [0.3, 0.4) is 0 Å². The van der Waals surface area contributed by atoms with E-state index in [2.05, 4.69) is 22.5 Å². The van der Waals surface area contributed by atoms with Crippen molar-refractivity contribution in [2.45, 2.75) is 6.92 Å². The van der Waals surface area contributed by atoms with Gasteiger partial charge in [-0.05, 0) is 30.7 Å². The molecular formula is C10H11BrO. The Morgan fingerprint density at radius 1 is 1.50 bits per heavy atom. The number of halogens is 1. The molecular weight excluding hydrogens is 216 g/mol. The summed E-state index contributed by atoms with van der Waals surface area (Å²) in [6.45, 7) is 5.83. The highest BCUT2D eigenvalue weighted by atomic mass is 79.9. The van der Waals surface area contributed by atoms with E-state index in [0.29, 0.717) is 0 Å². The van der Waals surface area contributed by atoms with Crippen LogP contribution in [0.5, 0.6) is 5.75 Å². The van der Waals surface area contributed by atoms with Crippen LogP contribution in [-0.2, 0) is 0 Å². The quantitative estimate of drug-likeness (QED) is 0.751. The van der Waals surface area contributed by atoms with Gasteiger partial charge in [0.1, 0.15) is 5.75 Å². The first-order valence-corrected chi connectivity index (χ1v) is 4.44. The summed E-state index contributed by atoms with van der Waals surface area (Å²) in [5, 5.41) is 0. The molecule has 0 saturated carbocycles. The molecule has 1 aromatic carbocycles. The summed E-state index contributed by atoms with van der Waals surface area (Å²) in [4.78, 5) is 0. The molecule has 0 N–H and O–H groups in total. The van der Waals surface area contributed by atoms with Gasteiger partial charge in [0.2, 0.25) is 0 Å². The fourth-order valence-electron chi connectivity index (χ4n) is 1.02. The van der Waals surface area contributed by atoms with E-state index in [1.54, 1.807) is 7.11 Å². The molecule has 0 unspecified atom stereocenters. The highest BCUT2D eigenvalue weighted by molar-refractivity contribution is 9.10. The summed E-state index contributed by atoms with van der Waals surface area (Å²) in [5.74, 6) is 0.858. The van der Waals surface area contributed by atoms with E-state index in [4.69, 9.17) is 4.74 Å². The van der Waals surface area contributed by atoms with Crippen molar-refractivity contribution in [3.8, 4) is 5.75 Å². The molecule has 0 amide bonds. The fraction of sp³-hybridized carbons (Fsp3) is 0.200. The van der Waals surface area contributed by atoms with Crippen molar-refractivity contribution in [2.75, 3.05) is 7.11 Å². The summed E-state index contributed by atoms with van der Waals surface area (Å²) in [7, 11) is 1.66. The lowest BCUT2D eigenvalue weighted by molar-refractivity contribution is 0.413. The zero-order valence-corrected chi connectivity index (χ0v) is 8.81. The Morgan fingerprint density at radius 2 is 2.17 bits per heavy atom. The minimum absolute atomic E-state index is 0.858. The topological polar surface area (TPSA) is 9.23 Å². The molecule has 0 fully saturated rings. The van der Waals surface area contributed by atoms with E-state index in [1.165, 1.54) is 0 Å². The molecule has 0 radical (unpaired) electrons. The van der Waals surface area contributed by atoms with E-state index >= 15 is 0 Å². The van der Waals surface area contributed by atoms with Crippen LogP contribution in [0.1, 0.15) is 12.5 Å². The molecule has 0 spiro atoms. The van der Waals surface area contributed by atoms with Gasteiger partial charge in [0.25, 0.3) is 0 Å². The zero-order chi connectivity index (χ0) is 9.14. The molecule has 64 valence electrons. The maximum absolute atomic E-state index is 5.20. The van der Waals surface area contributed by atoms with Crippen LogP contribution in [0.4, 0.5) is 0 Å². The van der Waals surface area contributed by atoms with Crippen LogP contribution >= 0.6 is 15.9 Å². The van der Waals surface area contributed by atoms with Gasteiger partial charge >= 0.3 is 0 Å². The molecule has 1 aromatic rings. The van der Waals surface area contributed by atoms with Crippen LogP contribution in [0, 0.1) is 0 Å². The third kappa shape index (κ3) is 1.89. The largest absolute Gasteiger partial charge is 0.496 e. The first-order valence-electron chi connectivity index (χ1n) is 3.64. The third-order valence-electron chi connectivity index (χ3n) is 1.62. The second kappa shape index (κ2) is 3.76. The molecule has 1 nitrogen and oxygen atoms in total. The van der Waals surface area contributed by atoms with E-state index in [0.717, 1.165) is 21.4 Å². The standard InChI is InChI=1S/C10H11BrO/c1-7(2)9-5-4-8(11)6-10(9)12-3/h4-6H,1H2,2-3H3. The van der Waals surface area contributed by atoms with Crippen LogP contribution in [0.15, 0.2) is 29.3 Å². The minimum Gasteiger partial charge on any atom is -0.496 e. The number of hydrogen-bond acceptors (Lipinski definition) is 1. The lowest BCUT2D eigenvalue weighted by Crippen LogP contribution is -1.88. The number of benzene rings is 1. The molecule has 0 aliphatic heterocycles. The second-order valence-electron chi connectivity index (χ2n) is 2.62. The maximum atomic E-state index is 5.20. The Labute approximate surface area is 81.2 Å². The molecule has 0 atom stereocenters. The average molecular weight is 227 g/mol. The van der Waals surface area contributed by atoms with Crippen molar-refractivity contribution in [3.63, 3.8) is 0 Å². The van der Waals surface area contributed by atoms with Crippen molar-refractivity contribution in [1.82, 2.24) is 0 Å². The van der Waals surface area contributed by atoms with Crippen LogP contribution in [0.2, 0.25) is 0 Å². The van der Waals surface area contributed by atoms with E-state index < -0.39 is 0 Å². The van der Waals surface area contributed by atoms with Crippen LogP contribution in [0.25, 0.3) is 5.57 Å². The first kappa shape index (κ1) is 9.33. The SMILES string of the molecule is C=C(C)c1ccc(Br)cc1OC. The molecule has 0 aliphatic carbocycles. The predicted octanol–water partition coefficient (Wildman–Crippen LogP) is 3.49. The number of methoxy groups -OCH3 is 1. The number of hydrogen-bond donors (Lipinski definition) is 0. The van der Waals surface area contributed by atoms with Gasteiger partial charge in [-0.25, -0.2) is 0 Å². The van der Waals surface area contributed by atoms with Gasteiger partial charge in [-0.3, -0.25) is 0 Å². The molecule has 2 heteroatoms. The molecule has 0 bridgehead atoms. The average Bonchev–Trinajstić information content (AvgIpc) is 2.03. The molecule has 1 rings (SSSR count). The van der Waals surface area contributed by atoms with Crippen LogP contribution < -0.4 is 4.74 Å². The van der Waals surface area contributed by atoms with Gasteiger partial charge in [0, 0.05) is 10.0 Å². The summed E-state index contributed by atoms with van der Waals surface area (Å²) < 4.78 is 6.21. The Bertz CT molecular complexity index is 305. The van der Waals surface area contributed by atoms with Crippen molar-refractivity contribution in [2.24, 2.45) is 0 Å². The maximum Gasteiger partial charge on any atom is 0.127 e. The monoisotopic (exact) mass is 226 g/mol. The zero-order valence-electron chi connectivity index (χ0n) is 7.23. The van der Waals surface area contributed by atoms with Gasteiger partial charge in [0.15, 0.2) is 0 Å². The van der Waals surface area contributed by atoms with Gasteiger partial charge in [0.05, 0.1) is 7.11 Å². The molecule has 0 heterocycles. The summed E-state index contributed by atoms with van der Waals surface area (Å²) in [6.07, 6.45) is 0. The first-order chi connectivity index (χ1) is 5.65. The highest BCUT2D eigenvalue weighted by Crippen LogP contribution is 2.27. The summed E-state index contributed by atoms with van der Waals surface area (Å²) in [6, 6.07) is 5.90. The smallest absolute Gasteiger partial charge is 0.127 e. The fourth-order valence-corrected chi connectivity index (χ4v) is 1.36. The van der Waals surface area contributed by atoms with Gasteiger partial charge in [-0.15, -0.1) is 0 Å². The Morgan fingerprint density at radius 3 is 2.67 bits per heavy atom. The normalized spacial score (nSPS) is 9.58. The lowest BCUT2D eigenvalue weighted by atomic mass is 10.1. The molecule has 0 aromatic heterocycles. The number of allylic oxidation sites excluding steroid dienone is 1. The van der Waals surface area contributed by atoms with Crippen molar-refractivity contribution >= 4 is 21.5 Å². The number of ether oxygens (including phenoxy) is 1. The highest BCUT2D eigenvalue weighted by Gasteiger charge is 2.02. The van der Waals surface area contributed by atoms with Crippen molar-refractivity contribution in [1.29, 1.82) is 0 Å². The molecule has 0 aliphatic rings. The van der Waals surface area contributed by atoms with Gasteiger partial charge < -0.3 is 4.74 Å². The molecule has 0 saturated heterocycles. The summed E-state index contributed by atoms with van der Waals surface area (Å²) >= 11 is 3.38. The van der Waals surface area contributed by atoms with Crippen molar-refractivity contribution < 1.29 is 4.74 Å². The van der Waals surface area contributed by atoms with E-state index in [1.807, 2.05) is 25.1 Å². The summed E-state index contributed by atoms with van der Waals surface area (Å²) in [5.41, 5.74) is 2.07. The predicted molar refractivity (Wildman–Crippen MR) is 55.4 cm³/mol. The van der Waals surface area contributed by atoms with E-state index in [-0.39, 0.29) is 0 Å². The van der Waals surface area contributed by atoms with Gasteiger partial charge in [-0.1, -0.05) is 22.5 Å². The Hall–Kier alpha value is -0.760.